The Hall–Kier alpha value is -14.8. The Morgan fingerprint density at radius 3 is 0.539 bits per heavy atom. The molecule has 18 rings (SSSR count). The van der Waals surface area contributed by atoms with E-state index in [-0.39, 0.29) is 21.8 Å². The number of anilines is 11. The maximum atomic E-state index is 2.47. The monoisotopic (exact) mass is 1660 g/mol. The minimum atomic E-state index is -0.101. The lowest BCUT2D eigenvalue weighted by Crippen LogP contribution is -2.38. The van der Waals surface area contributed by atoms with Gasteiger partial charge in [-0.25, -0.2) is 0 Å². The first-order valence-electron chi connectivity index (χ1n) is 44.7. The van der Waals surface area contributed by atoms with Crippen molar-refractivity contribution in [3.8, 4) is 77.9 Å². The van der Waals surface area contributed by atoms with Crippen LogP contribution in [0.1, 0.15) is 99.8 Å². The lowest BCUT2D eigenvalue weighted by molar-refractivity contribution is 0.561. The predicted molar refractivity (Wildman–Crippen MR) is 552 cm³/mol. The molecule has 0 radical (unpaired) electrons. The molecular formula is C124H116N4. The fraction of sp³-hybridized carbons (Fsp3) is 0.129. The molecule has 0 fully saturated rings. The number of hydrogen-bond donors (Lipinski definition) is 0. The van der Waals surface area contributed by atoms with E-state index < -0.39 is 0 Å². The highest BCUT2D eigenvalue weighted by Gasteiger charge is 2.29. The third-order valence-corrected chi connectivity index (χ3v) is 23.3. The molecule has 0 atom stereocenters. The summed E-state index contributed by atoms with van der Waals surface area (Å²) in [4.78, 5) is 9.45. The Morgan fingerprint density at radius 1 is 0.133 bits per heavy atom. The topological polar surface area (TPSA) is 13.0 Å². The fourth-order valence-electron chi connectivity index (χ4n) is 16.4. The highest BCUT2D eigenvalue weighted by molar-refractivity contribution is 5.91. The van der Waals surface area contributed by atoms with E-state index in [2.05, 4.69) is 588 Å². The van der Waals surface area contributed by atoms with Crippen molar-refractivity contribution in [3.05, 3.63) is 502 Å². The number of para-hydroxylation sites is 5. The quantitative estimate of drug-likeness (QED) is 0.0849. The maximum Gasteiger partial charge on any atom is 0.0540 e. The molecule has 128 heavy (non-hydrogen) atoms. The van der Waals surface area contributed by atoms with Gasteiger partial charge in [-0.15, -0.1) is 0 Å². The van der Waals surface area contributed by atoms with Gasteiger partial charge in [-0.2, -0.15) is 0 Å². The van der Waals surface area contributed by atoms with Gasteiger partial charge >= 0.3 is 0 Å². The first-order valence-corrected chi connectivity index (χ1v) is 44.7. The van der Waals surface area contributed by atoms with Gasteiger partial charge in [0.15, 0.2) is 0 Å². The van der Waals surface area contributed by atoms with E-state index in [9.17, 15) is 0 Å². The Bertz CT molecular complexity index is 6260. The van der Waals surface area contributed by atoms with Gasteiger partial charge in [-0.05, 0) is 230 Å². The van der Waals surface area contributed by atoms with E-state index in [0.29, 0.717) is 0 Å². The molecule has 0 N–H and O–H groups in total. The first-order chi connectivity index (χ1) is 62.1. The number of rotatable bonds is 18. The summed E-state index contributed by atoms with van der Waals surface area (Å²) in [6, 6.07) is 173. The van der Waals surface area contributed by atoms with Gasteiger partial charge < -0.3 is 19.6 Å². The van der Waals surface area contributed by atoms with Crippen LogP contribution >= 0.6 is 0 Å². The van der Waals surface area contributed by atoms with Crippen LogP contribution in [-0.4, -0.2) is 5.54 Å². The van der Waals surface area contributed by atoms with Crippen LogP contribution in [-0.2, 0) is 16.2 Å². The molecule has 632 valence electrons. The molecule has 18 aromatic carbocycles. The van der Waals surface area contributed by atoms with Crippen molar-refractivity contribution in [2.75, 3.05) is 19.6 Å². The zero-order valence-corrected chi connectivity index (χ0v) is 76.0. The molecule has 4 nitrogen and oxygen atoms in total. The van der Waals surface area contributed by atoms with Gasteiger partial charge in [0.2, 0.25) is 0 Å². The largest absolute Gasteiger partial charge is 0.335 e. The van der Waals surface area contributed by atoms with Crippen molar-refractivity contribution in [3.63, 3.8) is 0 Å². The third-order valence-electron chi connectivity index (χ3n) is 23.3. The summed E-state index contributed by atoms with van der Waals surface area (Å²) in [7, 11) is 0. The maximum absolute atomic E-state index is 2.47. The van der Waals surface area contributed by atoms with E-state index in [4.69, 9.17) is 0 Å². The average Bonchev–Trinajstić information content (AvgIpc) is 0.826. The van der Waals surface area contributed by atoms with E-state index in [1.165, 1.54) is 106 Å². The van der Waals surface area contributed by atoms with Gasteiger partial charge in [0, 0.05) is 79.1 Å². The zero-order valence-electron chi connectivity index (χ0n) is 76.0. The van der Waals surface area contributed by atoms with Crippen molar-refractivity contribution >= 4 is 62.6 Å². The van der Waals surface area contributed by atoms with Crippen molar-refractivity contribution in [1.29, 1.82) is 0 Å². The number of benzene rings is 18. The van der Waals surface area contributed by atoms with Crippen molar-refractivity contribution in [2.45, 2.75) is 105 Å². The van der Waals surface area contributed by atoms with E-state index >= 15 is 0 Å². The summed E-state index contributed by atoms with van der Waals surface area (Å²) in [5.41, 5.74) is 34.3. The molecule has 0 bridgehead atoms. The van der Waals surface area contributed by atoms with Crippen LogP contribution in [0.3, 0.4) is 0 Å². The second-order valence-corrected chi connectivity index (χ2v) is 36.5. The van der Waals surface area contributed by atoms with Gasteiger partial charge in [-0.1, -0.05) is 432 Å². The molecule has 0 heterocycles. The third kappa shape index (κ3) is 21.9. The molecule has 0 aliphatic carbocycles. The van der Waals surface area contributed by atoms with Crippen LogP contribution in [0.5, 0.6) is 0 Å². The number of hydrogen-bond acceptors (Lipinski definition) is 4. The number of nitrogens with zero attached hydrogens (tertiary/aromatic N) is 4. The molecule has 4 heteroatoms. The second kappa shape index (κ2) is 40.4. The van der Waals surface area contributed by atoms with Gasteiger partial charge in [0.05, 0.1) is 5.69 Å². The fourth-order valence-corrected chi connectivity index (χ4v) is 16.4. The second-order valence-electron chi connectivity index (χ2n) is 36.5. The molecule has 18 aromatic rings. The SMILES string of the molecule is CC(C)(C)N(c1ccccc1-c1ccccc1)c1ccccc1-c1ccccc1.CC(C)(C)c1ccc(-c2ccc(N(c3ccccc3)c3ccccc3)cc2)cc1.CC(C)(C)c1ccc(N(c2ccc(-c3ccccc3)cc2)c2ccc(-c3ccccc3)cc2)cc1.CC(C)(C)c1ccc(N(c2ccc(-c3ccccc3)cc2)c2ccccc2-c2ccccc2)cc1. The summed E-state index contributed by atoms with van der Waals surface area (Å²) in [5.74, 6) is 0. The molecule has 0 aromatic heterocycles. The predicted octanol–water partition coefficient (Wildman–Crippen LogP) is 35.7. The van der Waals surface area contributed by atoms with E-state index in [1.807, 2.05) is 0 Å². The highest BCUT2D eigenvalue weighted by atomic mass is 15.2. The Balaban J connectivity index is 0.000000132. The molecule has 0 aliphatic rings. The summed E-state index contributed by atoms with van der Waals surface area (Å²) < 4.78 is 0. The van der Waals surface area contributed by atoms with Crippen LogP contribution < -0.4 is 19.6 Å². The van der Waals surface area contributed by atoms with Gasteiger partial charge in [0.25, 0.3) is 0 Å². The normalized spacial score (nSPS) is 11.3. The highest BCUT2D eigenvalue weighted by Crippen LogP contribution is 2.47. The smallest absolute Gasteiger partial charge is 0.0540 e. The van der Waals surface area contributed by atoms with Gasteiger partial charge in [-0.3, -0.25) is 0 Å². The van der Waals surface area contributed by atoms with Crippen LogP contribution in [0.15, 0.2) is 485 Å². The van der Waals surface area contributed by atoms with Crippen LogP contribution in [0.2, 0.25) is 0 Å². The van der Waals surface area contributed by atoms with Crippen LogP contribution in [0.25, 0.3) is 77.9 Å². The molecule has 0 aliphatic heterocycles. The zero-order chi connectivity index (χ0) is 89.0. The summed E-state index contributed by atoms with van der Waals surface area (Å²) in [6.07, 6.45) is 0. The van der Waals surface area contributed by atoms with Gasteiger partial charge in [0.1, 0.15) is 0 Å². The lowest BCUT2D eigenvalue weighted by atomic mass is 9.86. The minimum Gasteiger partial charge on any atom is -0.335 e. The molecule has 0 unspecified atom stereocenters. The van der Waals surface area contributed by atoms with E-state index in [1.54, 1.807) is 0 Å². The minimum absolute atomic E-state index is 0.101. The molecule has 0 amide bonds. The van der Waals surface area contributed by atoms with Crippen molar-refractivity contribution in [1.82, 2.24) is 0 Å². The van der Waals surface area contributed by atoms with Crippen LogP contribution in [0.4, 0.5) is 62.6 Å². The van der Waals surface area contributed by atoms with Crippen molar-refractivity contribution in [2.24, 2.45) is 0 Å². The molecule has 0 saturated heterocycles. The standard InChI is InChI=1S/2C34H31N.2C28H27N/c1-34(2,3)29-20-24-31(25-21-29)35(30-22-18-27(19-23-30)26-12-6-4-7-13-26)33-17-11-10-16-32(33)28-14-8-5-9-15-28;1-34(2,3)30-18-24-33(25-19-30)35(31-20-14-28(15-21-31)26-10-6-4-7-11-26)32-22-16-29(17-23-32)27-12-8-5-9-13-27;1-28(2,3)29(26-20-12-10-18-24(26)22-14-6-4-7-15-22)27-21-13-11-19-25(27)23-16-8-5-9-17-23;1-28(2,3)24-18-14-22(15-19-24)23-16-20-27(21-17-23)29(25-10-6-4-7-11-25)26-12-8-5-9-13-26/h2*4-25H,1-3H3;2*4-21H,1-3H3. The lowest BCUT2D eigenvalue weighted by Gasteiger charge is -2.40. The summed E-state index contributed by atoms with van der Waals surface area (Å²) in [6.45, 7) is 27.1. The summed E-state index contributed by atoms with van der Waals surface area (Å²) >= 11 is 0. The Labute approximate surface area is 761 Å². The Kier molecular flexibility index (Phi) is 27.8. The Morgan fingerprint density at radius 2 is 0.297 bits per heavy atom. The summed E-state index contributed by atoms with van der Waals surface area (Å²) in [5, 5.41) is 0. The van der Waals surface area contributed by atoms with Crippen LogP contribution in [0, 0.1) is 0 Å². The first kappa shape index (κ1) is 88.0. The van der Waals surface area contributed by atoms with E-state index in [0.717, 1.165) is 51.2 Å². The molecule has 0 spiro atoms. The molecule has 0 saturated carbocycles. The average molecular weight is 1660 g/mol. The molecular weight excluding hydrogens is 1550 g/mol. The van der Waals surface area contributed by atoms with Crippen molar-refractivity contribution < 1.29 is 0 Å².